The zero-order valence-corrected chi connectivity index (χ0v) is 11.8. The molecule has 1 amide bonds. The van der Waals surface area contributed by atoms with Crippen LogP contribution < -0.4 is 5.32 Å². The number of nitrogens with zero attached hydrogens (tertiary/aromatic N) is 3. The number of ether oxygens (including phenoxy) is 1. The van der Waals surface area contributed by atoms with Gasteiger partial charge >= 0.3 is 12.1 Å². The molecule has 0 aliphatic heterocycles. The SMILES string of the molecule is CC(C)[C@@](CN=[N+]=[N-])(NC(=O)OC(C)(C)C)C(=O)O. The molecule has 108 valence electrons. The Morgan fingerprint density at radius 1 is 1.42 bits per heavy atom. The molecule has 0 radical (unpaired) electrons. The number of carboxylic acids is 1. The van der Waals surface area contributed by atoms with Crippen LogP contribution in [0.4, 0.5) is 4.79 Å². The van der Waals surface area contributed by atoms with Gasteiger partial charge in [-0.1, -0.05) is 19.0 Å². The maximum Gasteiger partial charge on any atom is 0.408 e. The molecule has 0 aromatic heterocycles. The van der Waals surface area contributed by atoms with E-state index in [0.29, 0.717) is 0 Å². The van der Waals surface area contributed by atoms with Gasteiger partial charge in [0.15, 0.2) is 0 Å². The van der Waals surface area contributed by atoms with Crippen LogP contribution in [0.2, 0.25) is 0 Å². The lowest BCUT2D eigenvalue weighted by atomic mass is 9.86. The third-order valence-electron chi connectivity index (χ3n) is 2.47. The van der Waals surface area contributed by atoms with Gasteiger partial charge in [-0.2, -0.15) is 0 Å². The lowest BCUT2D eigenvalue weighted by molar-refractivity contribution is -0.146. The van der Waals surface area contributed by atoms with E-state index < -0.39 is 35.7 Å². The third-order valence-corrected chi connectivity index (χ3v) is 2.47. The predicted octanol–water partition coefficient (Wildman–Crippen LogP) is 2.30. The monoisotopic (exact) mass is 272 g/mol. The second-order valence-corrected chi connectivity index (χ2v) is 5.45. The molecule has 0 unspecified atom stereocenters. The van der Waals surface area contributed by atoms with E-state index in [4.69, 9.17) is 10.3 Å². The highest BCUT2D eigenvalue weighted by Crippen LogP contribution is 2.20. The van der Waals surface area contributed by atoms with Crippen molar-refractivity contribution in [1.82, 2.24) is 5.32 Å². The molecule has 0 aliphatic rings. The summed E-state index contributed by atoms with van der Waals surface area (Å²) in [5, 5.41) is 14.9. The number of rotatable bonds is 5. The molecule has 2 N–H and O–H groups in total. The van der Waals surface area contributed by atoms with Crippen molar-refractivity contribution in [2.75, 3.05) is 6.54 Å². The number of hydrogen-bond acceptors (Lipinski definition) is 4. The largest absolute Gasteiger partial charge is 0.479 e. The van der Waals surface area contributed by atoms with Crippen molar-refractivity contribution >= 4 is 12.1 Å². The first kappa shape index (κ1) is 17.1. The molecule has 0 aromatic carbocycles. The van der Waals surface area contributed by atoms with Crippen molar-refractivity contribution in [2.24, 2.45) is 11.0 Å². The second kappa shape index (κ2) is 6.29. The quantitative estimate of drug-likeness (QED) is 0.452. The summed E-state index contributed by atoms with van der Waals surface area (Å²) < 4.78 is 5.03. The molecule has 8 heteroatoms. The normalized spacial score (nSPS) is 14.2. The van der Waals surface area contributed by atoms with E-state index in [2.05, 4.69) is 15.3 Å². The molecule has 0 rings (SSSR count). The molecule has 0 fully saturated rings. The number of carbonyl (C=O) groups excluding carboxylic acids is 1. The summed E-state index contributed by atoms with van der Waals surface area (Å²) >= 11 is 0. The lowest BCUT2D eigenvalue weighted by Gasteiger charge is -2.33. The first-order valence-electron chi connectivity index (χ1n) is 5.80. The molecular formula is C11H20N4O4. The highest BCUT2D eigenvalue weighted by Gasteiger charge is 2.43. The highest BCUT2D eigenvalue weighted by atomic mass is 16.6. The topological polar surface area (TPSA) is 124 Å². The van der Waals surface area contributed by atoms with Crippen molar-refractivity contribution in [2.45, 2.75) is 45.8 Å². The Morgan fingerprint density at radius 2 is 1.95 bits per heavy atom. The Bertz CT molecular complexity index is 396. The Labute approximate surface area is 111 Å². The molecule has 1 atom stereocenters. The third kappa shape index (κ3) is 5.05. The van der Waals surface area contributed by atoms with Crippen LogP contribution in [0, 0.1) is 5.92 Å². The Hall–Kier alpha value is -1.95. The zero-order valence-electron chi connectivity index (χ0n) is 11.8. The standard InChI is InChI=1S/C11H20N4O4/c1-7(2)11(8(16)17,6-13-15-12)14-9(18)19-10(3,4)5/h7H,6H2,1-5H3,(H,14,18)(H,16,17)/t11-/m1/s1. The summed E-state index contributed by atoms with van der Waals surface area (Å²) in [5.74, 6) is -1.76. The Morgan fingerprint density at radius 3 is 2.26 bits per heavy atom. The van der Waals surface area contributed by atoms with Crippen LogP contribution in [-0.4, -0.2) is 34.9 Å². The molecule has 0 bridgehead atoms. The van der Waals surface area contributed by atoms with Crippen LogP contribution in [0.25, 0.3) is 10.4 Å². The maximum atomic E-state index is 11.7. The van der Waals surface area contributed by atoms with E-state index in [1.54, 1.807) is 34.6 Å². The van der Waals surface area contributed by atoms with E-state index in [9.17, 15) is 14.7 Å². The van der Waals surface area contributed by atoms with Gasteiger partial charge in [-0.15, -0.1) is 0 Å². The number of amides is 1. The minimum absolute atomic E-state index is 0.393. The molecular weight excluding hydrogens is 252 g/mol. The van der Waals surface area contributed by atoms with Gasteiger partial charge in [0.1, 0.15) is 11.1 Å². The van der Waals surface area contributed by atoms with Gasteiger partial charge in [-0.25, -0.2) is 9.59 Å². The number of carbonyl (C=O) groups is 2. The van der Waals surface area contributed by atoms with Gasteiger partial charge < -0.3 is 15.2 Å². The molecule has 19 heavy (non-hydrogen) atoms. The summed E-state index contributed by atoms with van der Waals surface area (Å²) in [6.45, 7) is 7.82. The fourth-order valence-electron chi connectivity index (χ4n) is 1.36. The van der Waals surface area contributed by atoms with Crippen LogP contribution >= 0.6 is 0 Å². The number of aliphatic carboxylic acids is 1. The summed E-state index contributed by atoms with van der Waals surface area (Å²) in [6, 6.07) is 0. The molecule has 0 spiro atoms. The molecule has 0 aromatic rings. The molecule has 0 saturated carbocycles. The number of azide groups is 1. The second-order valence-electron chi connectivity index (χ2n) is 5.45. The van der Waals surface area contributed by atoms with Crippen molar-refractivity contribution in [3.63, 3.8) is 0 Å². The average Bonchev–Trinajstić information content (AvgIpc) is 2.20. The van der Waals surface area contributed by atoms with Gasteiger partial charge in [0.05, 0.1) is 6.54 Å². The van der Waals surface area contributed by atoms with Crippen LogP contribution in [0.1, 0.15) is 34.6 Å². The van der Waals surface area contributed by atoms with E-state index in [1.807, 2.05) is 0 Å². The molecule has 0 heterocycles. The van der Waals surface area contributed by atoms with Crippen LogP contribution in [0.3, 0.4) is 0 Å². The first-order chi connectivity index (χ1) is 8.55. The van der Waals surface area contributed by atoms with Crippen molar-refractivity contribution in [3.05, 3.63) is 10.4 Å². The minimum Gasteiger partial charge on any atom is -0.479 e. The van der Waals surface area contributed by atoms with Crippen molar-refractivity contribution in [1.29, 1.82) is 0 Å². The van der Waals surface area contributed by atoms with Gasteiger partial charge in [-0.3, -0.25) is 0 Å². The van der Waals surface area contributed by atoms with Crippen LogP contribution in [0.5, 0.6) is 0 Å². The lowest BCUT2D eigenvalue weighted by Crippen LogP contribution is -2.61. The van der Waals surface area contributed by atoms with Gasteiger partial charge in [0, 0.05) is 4.91 Å². The van der Waals surface area contributed by atoms with Gasteiger partial charge in [0.25, 0.3) is 0 Å². The fraction of sp³-hybridized carbons (Fsp3) is 0.818. The number of alkyl carbamates (subject to hydrolysis) is 1. The number of nitrogens with one attached hydrogen (secondary N) is 1. The van der Waals surface area contributed by atoms with E-state index >= 15 is 0 Å². The molecule has 0 saturated heterocycles. The first-order valence-corrected chi connectivity index (χ1v) is 5.80. The highest BCUT2D eigenvalue weighted by molar-refractivity contribution is 5.85. The predicted molar refractivity (Wildman–Crippen MR) is 68.6 cm³/mol. The zero-order chi connectivity index (χ0) is 15.3. The van der Waals surface area contributed by atoms with Crippen molar-refractivity contribution < 1.29 is 19.4 Å². The van der Waals surface area contributed by atoms with Crippen molar-refractivity contribution in [3.8, 4) is 0 Å². The van der Waals surface area contributed by atoms with E-state index in [0.717, 1.165) is 0 Å². The van der Waals surface area contributed by atoms with E-state index in [1.165, 1.54) is 0 Å². The summed E-state index contributed by atoms with van der Waals surface area (Å²) in [5.41, 5.74) is 5.90. The van der Waals surface area contributed by atoms with Crippen LogP contribution in [0.15, 0.2) is 5.11 Å². The Kier molecular flexibility index (Phi) is 5.64. The number of hydrogen-bond donors (Lipinski definition) is 2. The average molecular weight is 272 g/mol. The maximum absolute atomic E-state index is 11.7. The minimum atomic E-state index is -1.69. The van der Waals surface area contributed by atoms with E-state index in [-0.39, 0.29) is 0 Å². The fourth-order valence-corrected chi connectivity index (χ4v) is 1.36. The van der Waals surface area contributed by atoms with Gasteiger partial charge in [-0.05, 0) is 32.2 Å². The van der Waals surface area contributed by atoms with Crippen LogP contribution in [-0.2, 0) is 9.53 Å². The summed E-state index contributed by atoms with van der Waals surface area (Å²) in [6.07, 6.45) is -0.864. The number of carboxylic acid groups (broad SMARTS) is 1. The molecule has 0 aliphatic carbocycles. The molecule has 8 nitrogen and oxygen atoms in total. The summed E-state index contributed by atoms with van der Waals surface area (Å²) in [7, 11) is 0. The van der Waals surface area contributed by atoms with Gasteiger partial charge in [0.2, 0.25) is 0 Å². The smallest absolute Gasteiger partial charge is 0.408 e. The Balaban J connectivity index is 5.20. The summed E-state index contributed by atoms with van der Waals surface area (Å²) in [4.78, 5) is 25.7.